The van der Waals surface area contributed by atoms with Crippen LogP contribution in [0.2, 0.25) is 0 Å². The summed E-state index contributed by atoms with van der Waals surface area (Å²) < 4.78 is 2.76. The molecule has 8 aromatic rings. The van der Waals surface area contributed by atoms with Gasteiger partial charge in [0.05, 0.1) is 10.8 Å². The van der Waals surface area contributed by atoms with Crippen LogP contribution < -0.4 is 0 Å². The Morgan fingerprint density at radius 3 is 1.42 bits per heavy atom. The number of hydrogen-bond donors (Lipinski definition) is 0. The summed E-state index contributed by atoms with van der Waals surface area (Å²) in [5.41, 5.74) is 20.5. The summed E-state index contributed by atoms with van der Waals surface area (Å²) in [5.74, 6) is 0. The molecule has 0 aliphatic heterocycles. The van der Waals surface area contributed by atoms with E-state index < -0.39 is 10.8 Å². The topological polar surface area (TPSA) is 0 Å². The largest absolute Gasteiger partial charge is 0.143 e. The van der Waals surface area contributed by atoms with Crippen LogP contribution in [0.15, 0.2) is 168 Å². The first-order chi connectivity index (χ1) is 26.9. The van der Waals surface area contributed by atoms with Gasteiger partial charge in [-0.15, -0.1) is 22.7 Å². The highest BCUT2D eigenvalue weighted by molar-refractivity contribution is 7.17. The molecule has 264 valence electrons. The van der Waals surface area contributed by atoms with Crippen LogP contribution >= 0.6 is 22.7 Å². The lowest BCUT2D eigenvalue weighted by molar-refractivity contribution is 0.732. The maximum Gasteiger partial charge on any atom is 0.0727 e. The zero-order chi connectivity index (χ0) is 37.1. The van der Waals surface area contributed by atoms with E-state index in [1.165, 1.54) is 109 Å². The van der Waals surface area contributed by atoms with Crippen molar-refractivity contribution in [1.82, 2.24) is 0 Å². The molecule has 0 spiro atoms. The highest BCUT2D eigenvalue weighted by atomic mass is 32.1. The number of fused-ring (bicyclic) bond motifs is 10. The van der Waals surface area contributed by atoms with Gasteiger partial charge in [-0.05, 0) is 147 Å². The molecule has 0 saturated carbocycles. The molecule has 0 radical (unpaired) electrons. The molecule has 11 rings (SSSR count). The van der Waals surface area contributed by atoms with Gasteiger partial charge in [0.1, 0.15) is 0 Å². The second-order valence-corrected chi connectivity index (χ2v) is 17.7. The van der Waals surface area contributed by atoms with Crippen LogP contribution in [0.3, 0.4) is 0 Å². The van der Waals surface area contributed by atoms with Gasteiger partial charge in [0.25, 0.3) is 0 Å². The smallest absolute Gasteiger partial charge is 0.0727 e. The van der Waals surface area contributed by atoms with Crippen molar-refractivity contribution in [3.05, 3.63) is 223 Å². The highest BCUT2D eigenvalue weighted by Gasteiger charge is 2.53. The molecular formula is C53H40S2. The predicted molar refractivity (Wildman–Crippen MR) is 236 cm³/mol. The molecule has 2 heterocycles. The molecule has 0 amide bonds. The van der Waals surface area contributed by atoms with E-state index in [2.05, 4.69) is 184 Å². The standard InChI is InChI=1S/C53H40S2/c1-32-6-5-7-38(17-8-32)52(39-18-9-33(2)10-19-39)46-30-45-43-25-16-37-27-29-55-51(37)49(43)53(40-20-11-34(3)12-21-40,41-22-13-35(4)14-23-41)47(45)31-44(46)42-24-15-36-26-28-54-50(36)48(42)52/h5-6,8-31H,7H2,1-4H3. The summed E-state index contributed by atoms with van der Waals surface area (Å²) in [6.45, 7) is 8.82. The fourth-order valence-corrected chi connectivity index (χ4v) is 12.2. The van der Waals surface area contributed by atoms with Gasteiger partial charge in [-0.3, -0.25) is 0 Å². The lowest BCUT2D eigenvalue weighted by atomic mass is 9.64. The summed E-state index contributed by atoms with van der Waals surface area (Å²) in [6, 6.07) is 47.7. The van der Waals surface area contributed by atoms with Crippen LogP contribution in [-0.4, -0.2) is 0 Å². The van der Waals surface area contributed by atoms with E-state index in [0.717, 1.165) is 6.42 Å². The Bertz CT molecular complexity index is 2910. The van der Waals surface area contributed by atoms with Gasteiger partial charge in [0, 0.05) is 9.40 Å². The summed E-state index contributed by atoms with van der Waals surface area (Å²) in [6.07, 6.45) is 10.3. The molecule has 0 nitrogen and oxygen atoms in total. The van der Waals surface area contributed by atoms with Crippen molar-refractivity contribution in [2.24, 2.45) is 0 Å². The Labute approximate surface area is 331 Å². The molecular weight excluding hydrogens is 701 g/mol. The summed E-state index contributed by atoms with van der Waals surface area (Å²) in [7, 11) is 0. The molecule has 1 atom stereocenters. The second-order valence-electron chi connectivity index (χ2n) is 15.9. The third-order valence-electron chi connectivity index (χ3n) is 12.7. The molecule has 0 bridgehead atoms. The highest BCUT2D eigenvalue weighted by Crippen LogP contribution is 2.65. The van der Waals surface area contributed by atoms with Crippen LogP contribution in [-0.2, 0) is 10.8 Å². The number of benzene rings is 6. The van der Waals surface area contributed by atoms with Gasteiger partial charge in [0.15, 0.2) is 0 Å². The monoisotopic (exact) mass is 740 g/mol. The van der Waals surface area contributed by atoms with Gasteiger partial charge in [-0.25, -0.2) is 0 Å². The van der Waals surface area contributed by atoms with Crippen LogP contribution in [0.25, 0.3) is 42.4 Å². The second kappa shape index (κ2) is 12.0. The molecule has 55 heavy (non-hydrogen) atoms. The summed E-state index contributed by atoms with van der Waals surface area (Å²) >= 11 is 3.77. The lowest BCUT2D eigenvalue weighted by Crippen LogP contribution is -2.30. The maximum absolute atomic E-state index is 2.64. The van der Waals surface area contributed by atoms with E-state index in [0.29, 0.717) is 0 Å². The summed E-state index contributed by atoms with van der Waals surface area (Å²) in [5, 5.41) is 7.18. The third-order valence-corrected chi connectivity index (χ3v) is 14.6. The normalized spacial score (nSPS) is 17.7. The quantitative estimate of drug-likeness (QED) is 0.169. The molecule has 3 aliphatic carbocycles. The zero-order valence-electron chi connectivity index (χ0n) is 31.5. The molecule has 0 saturated heterocycles. The molecule has 0 fully saturated rings. The van der Waals surface area contributed by atoms with Gasteiger partial charge in [-0.2, -0.15) is 0 Å². The van der Waals surface area contributed by atoms with E-state index in [4.69, 9.17) is 0 Å². The van der Waals surface area contributed by atoms with Crippen molar-refractivity contribution in [2.45, 2.75) is 44.9 Å². The number of allylic oxidation sites excluding steroid dienone is 6. The Hall–Kier alpha value is -5.54. The first kappa shape index (κ1) is 32.9. The van der Waals surface area contributed by atoms with Gasteiger partial charge < -0.3 is 0 Å². The summed E-state index contributed by atoms with van der Waals surface area (Å²) in [4.78, 5) is 0. The SMILES string of the molecule is CC1=CC=C(C2(c3ccc(C)cc3)c3cc4c(cc3-c3ccc5ccsc5c32)C(c2ccc(C)cc2)(c2ccc(C)cc2)c2c-4ccc3ccsc23)CC=C1. The van der Waals surface area contributed by atoms with E-state index in [-0.39, 0.29) is 0 Å². The fraction of sp³-hybridized carbons (Fsp3) is 0.132. The number of aryl methyl sites for hydroxylation is 3. The minimum atomic E-state index is -0.502. The number of hydrogen-bond acceptors (Lipinski definition) is 2. The predicted octanol–water partition coefficient (Wildman–Crippen LogP) is 14.6. The van der Waals surface area contributed by atoms with Crippen molar-refractivity contribution >= 4 is 42.8 Å². The Balaban J connectivity index is 1.34. The number of rotatable bonds is 4. The van der Waals surface area contributed by atoms with E-state index >= 15 is 0 Å². The van der Waals surface area contributed by atoms with Gasteiger partial charge in [-0.1, -0.05) is 144 Å². The van der Waals surface area contributed by atoms with Crippen LogP contribution in [0, 0.1) is 20.8 Å². The zero-order valence-corrected chi connectivity index (χ0v) is 33.2. The molecule has 1 unspecified atom stereocenters. The molecule has 6 aromatic carbocycles. The van der Waals surface area contributed by atoms with Gasteiger partial charge >= 0.3 is 0 Å². The molecule has 0 N–H and O–H groups in total. The average Bonchev–Trinajstić information content (AvgIpc) is 3.96. The molecule has 2 heteroatoms. The average molecular weight is 741 g/mol. The minimum Gasteiger partial charge on any atom is -0.143 e. The Kier molecular flexibility index (Phi) is 7.15. The minimum absolute atomic E-state index is 0.477. The van der Waals surface area contributed by atoms with Crippen LogP contribution in [0.4, 0.5) is 0 Å². The number of thiophene rings is 2. The third kappa shape index (κ3) is 4.44. The van der Waals surface area contributed by atoms with Crippen molar-refractivity contribution in [1.29, 1.82) is 0 Å². The van der Waals surface area contributed by atoms with E-state index in [1.807, 2.05) is 22.7 Å². The molecule has 2 aromatic heterocycles. The van der Waals surface area contributed by atoms with E-state index in [9.17, 15) is 0 Å². The van der Waals surface area contributed by atoms with Crippen molar-refractivity contribution < 1.29 is 0 Å². The first-order valence-electron chi connectivity index (χ1n) is 19.4. The van der Waals surface area contributed by atoms with Crippen molar-refractivity contribution in [3.8, 4) is 22.3 Å². The Morgan fingerprint density at radius 2 is 0.909 bits per heavy atom. The van der Waals surface area contributed by atoms with E-state index in [1.54, 1.807) is 0 Å². The van der Waals surface area contributed by atoms with Gasteiger partial charge in [0.2, 0.25) is 0 Å². The van der Waals surface area contributed by atoms with Crippen LogP contribution in [0.5, 0.6) is 0 Å². The van der Waals surface area contributed by atoms with Crippen LogP contribution in [0.1, 0.15) is 69.0 Å². The molecule has 3 aliphatic rings. The Morgan fingerprint density at radius 1 is 0.455 bits per heavy atom. The first-order valence-corrected chi connectivity index (χ1v) is 21.1. The van der Waals surface area contributed by atoms with Crippen molar-refractivity contribution in [3.63, 3.8) is 0 Å². The maximum atomic E-state index is 2.64. The fourth-order valence-electron chi connectivity index (χ4n) is 10.2. The van der Waals surface area contributed by atoms with Crippen molar-refractivity contribution in [2.75, 3.05) is 0 Å². The lowest BCUT2D eigenvalue weighted by Gasteiger charge is -2.37.